The summed E-state index contributed by atoms with van der Waals surface area (Å²) in [5.74, 6) is 0. The lowest BCUT2D eigenvalue weighted by atomic mass is 10.0. The quantitative estimate of drug-likeness (QED) is 0.865. The van der Waals surface area contributed by atoms with E-state index in [2.05, 4.69) is 5.32 Å². The molecule has 0 bridgehead atoms. The van der Waals surface area contributed by atoms with E-state index in [1.807, 2.05) is 45.0 Å². The molecule has 20 heavy (non-hydrogen) atoms. The van der Waals surface area contributed by atoms with Gasteiger partial charge in [-0.25, -0.2) is 4.79 Å². The van der Waals surface area contributed by atoms with Gasteiger partial charge in [0.25, 0.3) is 0 Å². The number of ether oxygens (including phenoxy) is 1. The van der Waals surface area contributed by atoms with Crippen molar-refractivity contribution in [2.75, 3.05) is 19.6 Å². The lowest BCUT2D eigenvalue weighted by Crippen LogP contribution is -2.50. The van der Waals surface area contributed by atoms with Crippen LogP contribution in [0.2, 0.25) is 5.02 Å². The molecule has 0 spiro atoms. The van der Waals surface area contributed by atoms with Crippen LogP contribution in [0.25, 0.3) is 0 Å². The Morgan fingerprint density at radius 2 is 2.20 bits per heavy atom. The van der Waals surface area contributed by atoms with Gasteiger partial charge in [0, 0.05) is 24.7 Å². The molecule has 1 N–H and O–H groups in total. The maximum Gasteiger partial charge on any atom is 0.410 e. The summed E-state index contributed by atoms with van der Waals surface area (Å²) in [6.45, 7) is 7.74. The molecule has 0 radical (unpaired) electrons. The van der Waals surface area contributed by atoms with E-state index in [0.717, 1.165) is 12.1 Å². The number of amides is 1. The second-order valence-electron chi connectivity index (χ2n) is 5.95. The number of nitrogens with one attached hydrogen (secondary N) is 1. The molecule has 0 aliphatic carbocycles. The number of piperazine rings is 1. The molecule has 1 aliphatic heterocycles. The number of halogens is 1. The number of nitrogens with zero attached hydrogens (tertiary/aromatic N) is 1. The van der Waals surface area contributed by atoms with Crippen molar-refractivity contribution in [3.63, 3.8) is 0 Å². The van der Waals surface area contributed by atoms with Crippen LogP contribution in [-0.4, -0.2) is 36.2 Å². The summed E-state index contributed by atoms with van der Waals surface area (Å²) in [7, 11) is 0. The Morgan fingerprint density at radius 3 is 2.85 bits per heavy atom. The molecule has 0 unspecified atom stereocenters. The molecule has 1 aliphatic rings. The van der Waals surface area contributed by atoms with Gasteiger partial charge < -0.3 is 10.1 Å². The Kier molecular flexibility index (Phi) is 4.55. The van der Waals surface area contributed by atoms with Crippen molar-refractivity contribution >= 4 is 17.7 Å². The van der Waals surface area contributed by atoms with Crippen molar-refractivity contribution in [2.24, 2.45) is 0 Å². The number of rotatable bonds is 1. The Bertz CT molecular complexity index is 485. The van der Waals surface area contributed by atoms with Gasteiger partial charge in [-0.1, -0.05) is 23.7 Å². The summed E-state index contributed by atoms with van der Waals surface area (Å²) in [5, 5.41) is 3.99. The summed E-state index contributed by atoms with van der Waals surface area (Å²) in [4.78, 5) is 14.1. The first-order valence-electron chi connectivity index (χ1n) is 6.82. The predicted molar refractivity (Wildman–Crippen MR) is 80.0 cm³/mol. The largest absolute Gasteiger partial charge is 0.444 e. The molecule has 1 saturated heterocycles. The van der Waals surface area contributed by atoms with Crippen LogP contribution >= 0.6 is 11.6 Å². The van der Waals surface area contributed by atoms with Gasteiger partial charge in [-0.3, -0.25) is 4.90 Å². The second kappa shape index (κ2) is 6.02. The summed E-state index contributed by atoms with van der Waals surface area (Å²) in [5.41, 5.74) is 0.538. The van der Waals surface area contributed by atoms with Crippen LogP contribution in [0, 0.1) is 0 Å². The van der Waals surface area contributed by atoms with Crippen molar-refractivity contribution < 1.29 is 9.53 Å². The Labute approximate surface area is 125 Å². The highest BCUT2D eigenvalue weighted by Gasteiger charge is 2.31. The SMILES string of the molecule is CC(C)(C)OC(=O)N1CCNC[C@@H]1c1cccc(Cl)c1. The molecule has 110 valence electrons. The van der Waals surface area contributed by atoms with Gasteiger partial charge in [-0.2, -0.15) is 0 Å². The molecule has 1 amide bonds. The van der Waals surface area contributed by atoms with Crippen molar-refractivity contribution in [1.29, 1.82) is 0 Å². The zero-order chi connectivity index (χ0) is 14.8. The molecule has 1 aromatic carbocycles. The Hall–Kier alpha value is -1.26. The van der Waals surface area contributed by atoms with Gasteiger partial charge in [-0.15, -0.1) is 0 Å². The normalized spacial score (nSPS) is 19.8. The van der Waals surface area contributed by atoms with Crippen LogP contribution in [0.5, 0.6) is 0 Å². The molecule has 0 saturated carbocycles. The molecule has 1 fully saturated rings. The molecule has 2 rings (SSSR count). The summed E-state index contributed by atoms with van der Waals surface area (Å²) in [6.07, 6.45) is -0.274. The minimum Gasteiger partial charge on any atom is -0.444 e. The fraction of sp³-hybridized carbons (Fsp3) is 0.533. The van der Waals surface area contributed by atoms with E-state index < -0.39 is 5.60 Å². The van der Waals surface area contributed by atoms with Gasteiger partial charge in [0.05, 0.1) is 6.04 Å². The van der Waals surface area contributed by atoms with E-state index in [1.54, 1.807) is 4.90 Å². The second-order valence-corrected chi connectivity index (χ2v) is 6.39. The number of carbonyl (C=O) groups excluding carboxylic acids is 1. The zero-order valence-electron chi connectivity index (χ0n) is 12.1. The van der Waals surface area contributed by atoms with E-state index in [4.69, 9.17) is 16.3 Å². The van der Waals surface area contributed by atoms with Crippen LogP contribution in [0.15, 0.2) is 24.3 Å². The molecule has 1 aromatic rings. The summed E-state index contributed by atoms with van der Waals surface area (Å²) in [6, 6.07) is 7.58. The Morgan fingerprint density at radius 1 is 1.45 bits per heavy atom. The predicted octanol–water partition coefficient (Wildman–Crippen LogP) is 3.22. The molecule has 4 nitrogen and oxygen atoms in total. The fourth-order valence-electron chi connectivity index (χ4n) is 2.26. The van der Waals surface area contributed by atoms with Crippen LogP contribution in [0.4, 0.5) is 4.79 Å². The van der Waals surface area contributed by atoms with Crippen LogP contribution in [0.1, 0.15) is 32.4 Å². The number of hydrogen-bond acceptors (Lipinski definition) is 3. The lowest BCUT2D eigenvalue weighted by molar-refractivity contribution is 0.0118. The Balaban J connectivity index is 2.19. The molecular formula is C15H21ClN2O2. The third-order valence-electron chi connectivity index (χ3n) is 3.10. The van der Waals surface area contributed by atoms with E-state index in [-0.39, 0.29) is 12.1 Å². The third kappa shape index (κ3) is 3.87. The minimum atomic E-state index is -0.485. The average molecular weight is 297 g/mol. The van der Waals surface area contributed by atoms with Crippen LogP contribution in [0.3, 0.4) is 0 Å². The zero-order valence-corrected chi connectivity index (χ0v) is 12.9. The topological polar surface area (TPSA) is 41.6 Å². The van der Waals surface area contributed by atoms with Gasteiger partial charge in [0.15, 0.2) is 0 Å². The van der Waals surface area contributed by atoms with E-state index in [9.17, 15) is 4.79 Å². The van der Waals surface area contributed by atoms with Crippen molar-refractivity contribution in [3.05, 3.63) is 34.9 Å². The van der Waals surface area contributed by atoms with Crippen molar-refractivity contribution in [1.82, 2.24) is 10.2 Å². The first-order chi connectivity index (χ1) is 9.37. The minimum absolute atomic E-state index is 0.0442. The number of carbonyl (C=O) groups is 1. The molecule has 1 heterocycles. The summed E-state index contributed by atoms with van der Waals surface area (Å²) < 4.78 is 5.49. The smallest absolute Gasteiger partial charge is 0.410 e. The highest BCUT2D eigenvalue weighted by atomic mass is 35.5. The van der Waals surface area contributed by atoms with Crippen molar-refractivity contribution in [2.45, 2.75) is 32.4 Å². The summed E-state index contributed by atoms with van der Waals surface area (Å²) >= 11 is 6.04. The maximum absolute atomic E-state index is 12.3. The monoisotopic (exact) mass is 296 g/mol. The highest BCUT2D eigenvalue weighted by molar-refractivity contribution is 6.30. The fourth-order valence-corrected chi connectivity index (χ4v) is 2.45. The van der Waals surface area contributed by atoms with Gasteiger partial charge in [0.2, 0.25) is 0 Å². The standard InChI is InChI=1S/C15H21ClN2O2/c1-15(2,3)20-14(19)18-8-7-17-10-13(18)11-5-4-6-12(16)9-11/h4-6,9,13,17H,7-8,10H2,1-3H3/t13-/m1/s1. The van der Waals surface area contributed by atoms with E-state index in [0.29, 0.717) is 18.1 Å². The highest BCUT2D eigenvalue weighted by Crippen LogP contribution is 2.26. The first-order valence-corrected chi connectivity index (χ1v) is 7.20. The molecule has 5 heteroatoms. The van der Waals surface area contributed by atoms with Gasteiger partial charge in [0.1, 0.15) is 5.60 Å². The number of benzene rings is 1. The lowest BCUT2D eigenvalue weighted by Gasteiger charge is -2.37. The van der Waals surface area contributed by atoms with Gasteiger partial charge in [-0.05, 0) is 38.5 Å². The average Bonchev–Trinajstić information content (AvgIpc) is 2.37. The molecular weight excluding hydrogens is 276 g/mol. The molecule has 0 aromatic heterocycles. The maximum atomic E-state index is 12.3. The first kappa shape index (κ1) is 15.1. The third-order valence-corrected chi connectivity index (χ3v) is 3.34. The van der Waals surface area contributed by atoms with Crippen LogP contribution in [-0.2, 0) is 4.74 Å². The van der Waals surface area contributed by atoms with Gasteiger partial charge >= 0.3 is 6.09 Å². The van der Waals surface area contributed by atoms with E-state index in [1.165, 1.54) is 0 Å². The van der Waals surface area contributed by atoms with E-state index >= 15 is 0 Å². The van der Waals surface area contributed by atoms with Crippen LogP contribution < -0.4 is 5.32 Å². The van der Waals surface area contributed by atoms with Crippen molar-refractivity contribution in [3.8, 4) is 0 Å². The number of hydrogen-bond donors (Lipinski definition) is 1. The molecule has 1 atom stereocenters.